The van der Waals surface area contributed by atoms with Gasteiger partial charge in [0.15, 0.2) is 0 Å². The average molecular weight is 457 g/mol. The molecule has 29 heavy (non-hydrogen) atoms. The zero-order valence-corrected chi connectivity index (χ0v) is 17.9. The number of methoxy groups -OCH3 is 1. The molecule has 1 aliphatic heterocycles. The van der Waals surface area contributed by atoms with Gasteiger partial charge in [0.25, 0.3) is 10.0 Å². The fourth-order valence-electron chi connectivity index (χ4n) is 3.13. The first-order chi connectivity index (χ1) is 13.6. The number of nitrogens with one attached hydrogen (secondary N) is 1. The summed E-state index contributed by atoms with van der Waals surface area (Å²) in [6.45, 7) is 1.69. The van der Waals surface area contributed by atoms with Crippen LogP contribution in [0.25, 0.3) is 0 Å². The minimum absolute atomic E-state index is 0.0548. The minimum atomic E-state index is -4.23. The zero-order chi connectivity index (χ0) is 21.3. The first kappa shape index (κ1) is 21.4. The Hall–Kier alpha value is -2.29. The van der Waals surface area contributed by atoms with E-state index in [2.05, 4.69) is 5.32 Å². The lowest BCUT2D eigenvalue weighted by molar-refractivity contribution is -0.128. The lowest BCUT2D eigenvalue weighted by atomic mass is 10.2. The Morgan fingerprint density at radius 2 is 1.93 bits per heavy atom. The molecule has 0 aromatic heterocycles. The van der Waals surface area contributed by atoms with E-state index in [-0.39, 0.29) is 28.4 Å². The zero-order valence-electron chi connectivity index (χ0n) is 15.6. The standard InChI is InChI=1S/C19H18Cl2N2O5S/c1-11-9-13(4-7-17(11)28-2)29(26,27)23-16(6-8-18(23)24)19(25)22-15-5-3-12(20)10-14(15)21/h3-5,7,9-10,16H,6,8H2,1-2H3,(H,22,25)/t16-/m0/s1. The lowest BCUT2D eigenvalue weighted by Gasteiger charge is -2.24. The number of aryl methyl sites for hydroxylation is 1. The Bertz CT molecular complexity index is 1090. The predicted octanol–water partition coefficient (Wildman–Crippen LogP) is 3.63. The van der Waals surface area contributed by atoms with Crippen molar-refractivity contribution in [1.29, 1.82) is 0 Å². The van der Waals surface area contributed by atoms with Gasteiger partial charge < -0.3 is 10.1 Å². The topological polar surface area (TPSA) is 92.8 Å². The van der Waals surface area contributed by atoms with Crippen molar-refractivity contribution in [2.24, 2.45) is 0 Å². The molecule has 1 fully saturated rings. The summed E-state index contributed by atoms with van der Waals surface area (Å²) in [5, 5.41) is 3.17. The molecule has 0 radical (unpaired) electrons. The van der Waals surface area contributed by atoms with Gasteiger partial charge in [0.2, 0.25) is 11.8 Å². The van der Waals surface area contributed by atoms with Crippen LogP contribution in [0.15, 0.2) is 41.3 Å². The summed E-state index contributed by atoms with van der Waals surface area (Å²) in [5.41, 5.74) is 0.868. The maximum absolute atomic E-state index is 13.1. The van der Waals surface area contributed by atoms with Crippen LogP contribution < -0.4 is 10.1 Å². The van der Waals surface area contributed by atoms with E-state index in [9.17, 15) is 18.0 Å². The summed E-state index contributed by atoms with van der Waals surface area (Å²) in [4.78, 5) is 25.1. The van der Waals surface area contributed by atoms with Gasteiger partial charge in [-0.05, 0) is 55.3 Å². The van der Waals surface area contributed by atoms with E-state index in [1.165, 1.54) is 43.5 Å². The highest BCUT2D eigenvalue weighted by molar-refractivity contribution is 7.89. The van der Waals surface area contributed by atoms with Crippen LogP contribution in [0, 0.1) is 6.92 Å². The highest BCUT2D eigenvalue weighted by Crippen LogP contribution is 2.31. The predicted molar refractivity (Wildman–Crippen MR) is 110 cm³/mol. The maximum atomic E-state index is 13.1. The van der Waals surface area contributed by atoms with Gasteiger partial charge in [-0.1, -0.05) is 23.2 Å². The quantitative estimate of drug-likeness (QED) is 0.741. The number of halogens is 2. The molecule has 7 nitrogen and oxygen atoms in total. The minimum Gasteiger partial charge on any atom is -0.496 e. The Kier molecular flexibility index (Phi) is 6.07. The maximum Gasteiger partial charge on any atom is 0.267 e. The fourth-order valence-corrected chi connectivity index (χ4v) is 5.28. The largest absolute Gasteiger partial charge is 0.496 e. The van der Waals surface area contributed by atoms with Crippen molar-refractivity contribution in [3.05, 3.63) is 52.0 Å². The number of benzene rings is 2. The van der Waals surface area contributed by atoms with Crippen molar-refractivity contribution in [1.82, 2.24) is 4.31 Å². The number of carbonyl (C=O) groups is 2. The van der Waals surface area contributed by atoms with E-state index in [1.807, 2.05) is 0 Å². The number of ether oxygens (including phenoxy) is 1. The second-order valence-corrected chi connectivity index (χ2v) is 9.15. The van der Waals surface area contributed by atoms with Crippen LogP contribution in [0.4, 0.5) is 5.69 Å². The molecule has 0 bridgehead atoms. The van der Waals surface area contributed by atoms with Crippen molar-refractivity contribution < 1.29 is 22.7 Å². The third kappa shape index (κ3) is 4.19. The first-order valence-electron chi connectivity index (χ1n) is 8.63. The highest BCUT2D eigenvalue weighted by Gasteiger charge is 2.44. The molecular weight excluding hydrogens is 439 g/mol. The van der Waals surface area contributed by atoms with Gasteiger partial charge in [0.1, 0.15) is 11.8 Å². The van der Waals surface area contributed by atoms with Gasteiger partial charge in [-0.15, -0.1) is 0 Å². The number of carbonyl (C=O) groups excluding carboxylic acids is 2. The van der Waals surface area contributed by atoms with Crippen molar-refractivity contribution in [3.63, 3.8) is 0 Å². The van der Waals surface area contributed by atoms with Gasteiger partial charge >= 0.3 is 0 Å². The molecular formula is C19H18Cl2N2O5S. The molecule has 1 N–H and O–H groups in total. The molecule has 1 aliphatic rings. The van der Waals surface area contributed by atoms with Gasteiger partial charge in [0.05, 0.1) is 22.7 Å². The SMILES string of the molecule is COc1ccc(S(=O)(=O)N2C(=O)CC[C@H]2C(=O)Nc2ccc(Cl)cc2Cl)cc1C. The Morgan fingerprint density at radius 1 is 1.21 bits per heavy atom. The van der Waals surface area contributed by atoms with Crippen LogP contribution in [0.5, 0.6) is 5.75 Å². The Labute approximate surface area is 178 Å². The van der Waals surface area contributed by atoms with Crippen molar-refractivity contribution in [2.75, 3.05) is 12.4 Å². The van der Waals surface area contributed by atoms with Gasteiger partial charge in [0, 0.05) is 11.4 Å². The van der Waals surface area contributed by atoms with Crippen molar-refractivity contribution in [2.45, 2.75) is 30.7 Å². The van der Waals surface area contributed by atoms with Crippen LogP contribution in [-0.2, 0) is 19.6 Å². The summed E-state index contributed by atoms with van der Waals surface area (Å²) < 4.78 is 32.0. The van der Waals surface area contributed by atoms with Crippen LogP contribution >= 0.6 is 23.2 Å². The highest BCUT2D eigenvalue weighted by atomic mass is 35.5. The summed E-state index contributed by atoms with van der Waals surface area (Å²) in [6, 6.07) is 7.57. The number of amides is 2. The lowest BCUT2D eigenvalue weighted by Crippen LogP contribution is -2.45. The van der Waals surface area contributed by atoms with E-state index < -0.39 is 27.9 Å². The molecule has 1 heterocycles. The van der Waals surface area contributed by atoms with Gasteiger partial charge in [-0.3, -0.25) is 9.59 Å². The monoisotopic (exact) mass is 456 g/mol. The van der Waals surface area contributed by atoms with E-state index in [0.29, 0.717) is 20.6 Å². The fraction of sp³-hybridized carbons (Fsp3) is 0.263. The third-order valence-electron chi connectivity index (χ3n) is 4.58. The smallest absolute Gasteiger partial charge is 0.267 e. The molecule has 1 atom stereocenters. The summed E-state index contributed by atoms with van der Waals surface area (Å²) in [7, 11) is -2.75. The molecule has 2 aromatic carbocycles. The van der Waals surface area contributed by atoms with Gasteiger partial charge in [-0.25, -0.2) is 12.7 Å². The summed E-state index contributed by atoms with van der Waals surface area (Å²) >= 11 is 11.9. The van der Waals surface area contributed by atoms with E-state index in [1.54, 1.807) is 6.92 Å². The number of sulfonamides is 1. The number of anilines is 1. The molecule has 1 saturated heterocycles. The van der Waals surface area contributed by atoms with Crippen LogP contribution in [-0.4, -0.2) is 37.7 Å². The molecule has 2 amide bonds. The van der Waals surface area contributed by atoms with Crippen LogP contribution in [0.2, 0.25) is 10.0 Å². The van der Waals surface area contributed by atoms with Crippen molar-refractivity contribution >= 4 is 50.7 Å². The van der Waals surface area contributed by atoms with Gasteiger partial charge in [-0.2, -0.15) is 0 Å². The number of hydrogen-bond acceptors (Lipinski definition) is 5. The molecule has 3 rings (SSSR count). The van der Waals surface area contributed by atoms with E-state index in [0.717, 1.165) is 0 Å². The Morgan fingerprint density at radius 3 is 2.55 bits per heavy atom. The Balaban J connectivity index is 1.91. The van der Waals surface area contributed by atoms with Crippen LogP contribution in [0.3, 0.4) is 0 Å². The van der Waals surface area contributed by atoms with Crippen molar-refractivity contribution in [3.8, 4) is 5.75 Å². The molecule has 0 aliphatic carbocycles. The second-order valence-electron chi connectivity index (χ2n) is 6.49. The number of hydrogen-bond donors (Lipinski definition) is 1. The molecule has 154 valence electrons. The molecule has 2 aromatic rings. The molecule has 0 unspecified atom stereocenters. The molecule has 0 spiro atoms. The average Bonchev–Trinajstić information content (AvgIpc) is 3.06. The van der Waals surface area contributed by atoms with Crippen LogP contribution in [0.1, 0.15) is 18.4 Å². The van der Waals surface area contributed by atoms with E-state index in [4.69, 9.17) is 27.9 Å². The number of rotatable bonds is 5. The third-order valence-corrected chi connectivity index (χ3v) is 6.95. The molecule has 10 heteroatoms. The summed E-state index contributed by atoms with van der Waals surface area (Å²) in [5.74, 6) is -0.766. The first-order valence-corrected chi connectivity index (χ1v) is 10.8. The van der Waals surface area contributed by atoms with E-state index >= 15 is 0 Å². The molecule has 0 saturated carbocycles. The normalized spacial score (nSPS) is 16.8. The number of nitrogens with zero attached hydrogens (tertiary/aromatic N) is 1. The summed E-state index contributed by atoms with van der Waals surface area (Å²) in [6.07, 6.45) is 0.0189. The second kappa shape index (κ2) is 8.22.